The molecule has 33 heavy (non-hydrogen) atoms. The summed E-state index contributed by atoms with van der Waals surface area (Å²) in [5.74, 6) is -1.19. The third-order valence-corrected chi connectivity index (χ3v) is 6.18. The van der Waals surface area contributed by atoms with Gasteiger partial charge in [-0.15, -0.1) is 0 Å². The number of aliphatic hydroxyl groups excluding tert-OH is 1. The lowest BCUT2D eigenvalue weighted by molar-refractivity contribution is -0.140. The van der Waals surface area contributed by atoms with Crippen molar-refractivity contribution in [1.82, 2.24) is 9.80 Å². The second-order valence-electron chi connectivity index (χ2n) is 9.51. The van der Waals surface area contributed by atoms with Crippen molar-refractivity contribution < 1.29 is 19.4 Å². The van der Waals surface area contributed by atoms with Gasteiger partial charge in [0, 0.05) is 18.7 Å². The molecule has 0 bridgehead atoms. The standard InChI is InChI=1S/C26H31ClN2O4/c1-26(2,3)17-9-7-16(8-10-17)22-21(24(31)25(32)29(22)14-13-28(4)5)23(30)19-15-18(33-6)11-12-20(19)27/h7-12,15,22,30H,13-14H2,1-6H3/b23-21+. The number of hydrogen-bond acceptors (Lipinski definition) is 5. The summed E-state index contributed by atoms with van der Waals surface area (Å²) in [5.41, 5.74) is 2.11. The summed E-state index contributed by atoms with van der Waals surface area (Å²) in [7, 11) is 5.31. The fraction of sp³-hybridized carbons (Fsp3) is 0.385. The number of halogens is 1. The van der Waals surface area contributed by atoms with Crippen LogP contribution in [-0.4, -0.2) is 60.9 Å². The van der Waals surface area contributed by atoms with Crippen LogP contribution >= 0.6 is 11.6 Å². The van der Waals surface area contributed by atoms with E-state index >= 15 is 0 Å². The number of nitrogens with zero attached hydrogens (tertiary/aromatic N) is 2. The van der Waals surface area contributed by atoms with Crippen molar-refractivity contribution in [3.63, 3.8) is 0 Å². The maximum Gasteiger partial charge on any atom is 0.295 e. The van der Waals surface area contributed by atoms with Crippen LogP contribution in [0.1, 0.15) is 43.5 Å². The van der Waals surface area contributed by atoms with Gasteiger partial charge in [-0.2, -0.15) is 0 Å². The Hall–Kier alpha value is -2.83. The largest absolute Gasteiger partial charge is 0.507 e. The number of likely N-dealkylation sites (tertiary alicyclic amines) is 1. The first kappa shape index (κ1) is 24.8. The van der Waals surface area contributed by atoms with Crippen molar-refractivity contribution in [3.8, 4) is 5.75 Å². The highest BCUT2D eigenvalue weighted by Gasteiger charge is 2.46. The summed E-state index contributed by atoms with van der Waals surface area (Å²) in [6.45, 7) is 7.28. The van der Waals surface area contributed by atoms with E-state index in [0.717, 1.165) is 11.1 Å². The Morgan fingerprint density at radius 3 is 2.30 bits per heavy atom. The van der Waals surface area contributed by atoms with E-state index in [0.29, 0.717) is 18.8 Å². The molecule has 6 nitrogen and oxygen atoms in total. The number of benzene rings is 2. The number of aliphatic hydroxyl groups is 1. The van der Waals surface area contributed by atoms with Crippen molar-refractivity contribution >= 4 is 29.1 Å². The lowest BCUT2D eigenvalue weighted by atomic mass is 9.85. The van der Waals surface area contributed by atoms with Gasteiger partial charge in [0.25, 0.3) is 11.7 Å². The first-order valence-corrected chi connectivity index (χ1v) is 11.2. The predicted octanol–water partition coefficient (Wildman–Crippen LogP) is 4.63. The second kappa shape index (κ2) is 9.57. The van der Waals surface area contributed by atoms with Crippen LogP contribution in [0.25, 0.3) is 5.76 Å². The van der Waals surface area contributed by atoms with Gasteiger partial charge in [0.15, 0.2) is 0 Å². The van der Waals surface area contributed by atoms with Gasteiger partial charge in [-0.1, -0.05) is 56.6 Å². The average molecular weight is 471 g/mol. The minimum atomic E-state index is -0.727. The van der Waals surface area contributed by atoms with E-state index < -0.39 is 17.7 Å². The third kappa shape index (κ3) is 5.07. The SMILES string of the molecule is COc1ccc(Cl)c(/C(O)=C2\C(=O)C(=O)N(CCN(C)C)C2c2ccc(C(C)(C)C)cc2)c1. The highest BCUT2D eigenvalue weighted by molar-refractivity contribution is 6.47. The summed E-state index contributed by atoms with van der Waals surface area (Å²) < 4.78 is 5.25. The van der Waals surface area contributed by atoms with Gasteiger partial charge in [-0.25, -0.2) is 0 Å². The van der Waals surface area contributed by atoms with Crippen LogP contribution < -0.4 is 4.74 Å². The number of amides is 1. The Morgan fingerprint density at radius 1 is 1.12 bits per heavy atom. The molecule has 1 fully saturated rings. The van der Waals surface area contributed by atoms with Crippen LogP contribution in [-0.2, 0) is 15.0 Å². The Bertz CT molecular complexity index is 1080. The molecular weight excluding hydrogens is 440 g/mol. The Balaban J connectivity index is 2.19. The smallest absolute Gasteiger partial charge is 0.295 e. The highest BCUT2D eigenvalue weighted by atomic mass is 35.5. The van der Waals surface area contributed by atoms with Gasteiger partial charge in [0.2, 0.25) is 0 Å². The minimum absolute atomic E-state index is 0.0254. The summed E-state index contributed by atoms with van der Waals surface area (Å²) in [6.07, 6.45) is 0. The van der Waals surface area contributed by atoms with Crippen molar-refractivity contribution in [2.24, 2.45) is 0 Å². The summed E-state index contributed by atoms with van der Waals surface area (Å²) in [5, 5.41) is 11.5. The highest BCUT2D eigenvalue weighted by Crippen LogP contribution is 2.41. The van der Waals surface area contributed by atoms with E-state index in [4.69, 9.17) is 16.3 Å². The molecule has 3 rings (SSSR count). The van der Waals surface area contributed by atoms with Gasteiger partial charge in [-0.3, -0.25) is 9.59 Å². The number of likely N-dealkylation sites (N-methyl/N-ethyl adjacent to an activating group) is 1. The van der Waals surface area contributed by atoms with E-state index in [1.807, 2.05) is 43.3 Å². The van der Waals surface area contributed by atoms with Gasteiger partial charge in [0.1, 0.15) is 11.5 Å². The van der Waals surface area contributed by atoms with Crippen molar-refractivity contribution in [1.29, 1.82) is 0 Å². The number of Topliss-reactive ketones (excluding diaryl/α,β-unsaturated/α-hetero) is 1. The average Bonchev–Trinajstić information content (AvgIpc) is 3.01. The molecule has 2 aromatic rings. The molecule has 1 unspecified atom stereocenters. The fourth-order valence-electron chi connectivity index (χ4n) is 3.89. The van der Waals surface area contributed by atoms with Crippen LogP contribution in [0, 0.1) is 0 Å². The molecule has 1 heterocycles. The molecular formula is C26H31ClN2O4. The molecule has 1 atom stereocenters. The van der Waals surface area contributed by atoms with Crippen molar-refractivity contribution in [2.45, 2.75) is 32.2 Å². The Labute approximate surface area is 200 Å². The van der Waals surface area contributed by atoms with Crippen LogP contribution in [0.5, 0.6) is 5.75 Å². The third-order valence-electron chi connectivity index (χ3n) is 5.85. The normalized spacial score (nSPS) is 18.3. The molecule has 0 saturated carbocycles. The van der Waals surface area contributed by atoms with E-state index in [9.17, 15) is 14.7 Å². The Kier molecular flexibility index (Phi) is 7.20. The molecule has 176 valence electrons. The summed E-state index contributed by atoms with van der Waals surface area (Å²) in [6, 6.07) is 11.9. The van der Waals surface area contributed by atoms with E-state index in [2.05, 4.69) is 20.8 Å². The monoisotopic (exact) mass is 470 g/mol. The molecule has 1 amide bonds. The maximum atomic E-state index is 13.2. The lowest BCUT2D eigenvalue weighted by Gasteiger charge is -2.27. The number of hydrogen-bond donors (Lipinski definition) is 1. The molecule has 7 heteroatoms. The van der Waals surface area contributed by atoms with Crippen LogP contribution in [0.4, 0.5) is 0 Å². The van der Waals surface area contributed by atoms with Gasteiger partial charge < -0.3 is 19.6 Å². The van der Waals surface area contributed by atoms with E-state index in [1.165, 1.54) is 12.0 Å². The molecule has 1 aliphatic rings. The molecule has 0 aromatic heterocycles. The zero-order valence-corrected chi connectivity index (χ0v) is 20.7. The first-order chi connectivity index (χ1) is 15.5. The number of ether oxygens (including phenoxy) is 1. The molecule has 1 N–H and O–H groups in total. The lowest BCUT2D eigenvalue weighted by Crippen LogP contribution is -2.35. The summed E-state index contributed by atoms with van der Waals surface area (Å²) >= 11 is 6.35. The quantitative estimate of drug-likeness (QED) is 0.378. The molecule has 0 radical (unpaired) electrons. The number of ketones is 1. The minimum Gasteiger partial charge on any atom is -0.507 e. The topological polar surface area (TPSA) is 70.1 Å². The predicted molar refractivity (Wildman–Crippen MR) is 131 cm³/mol. The Morgan fingerprint density at radius 2 is 1.76 bits per heavy atom. The van der Waals surface area contributed by atoms with Crippen molar-refractivity contribution in [2.75, 3.05) is 34.3 Å². The number of carbonyl (C=O) groups is 2. The van der Waals surface area contributed by atoms with Crippen LogP contribution in [0.3, 0.4) is 0 Å². The van der Waals surface area contributed by atoms with Crippen molar-refractivity contribution in [3.05, 3.63) is 69.8 Å². The molecule has 1 saturated heterocycles. The zero-order chi connectivity index (χ0) is 24.5. The molecule has 0 spiro atoms. The molecule has 0 aliphatic carbocycles. The van der Waals surface area contributed by atoms with Crippen LogP contribution in [0.15, 0.2) is 48.0 Å². The van der Waals surface area contributed by atoms with Gasteiger partial charge in [0.05, 0.1) is 23.7 Å². The molecule has 1 aliphatic heterocycles. The zero-order valence-electron chi connectivity index (χ0n) is 20.0. The molecule has 2 aromatic carbocycles. The fourth-order valence-corrected chi connectivity index (χ4v) is 4.10. The van der Waals surface area contributed by atoms with E-state index in [1.54, 1.807) is 18.2 Å². The van der Waals surface area contributed by atoms with E-state index in [-0.39, 0.29) is 27.3 Å². The number of rotatable bonds is 6. The first-order valence-electron chi connectivity index (χ1n) is 10.8. The maximum absolute atomic E-state index is 13.2. The summed E-state index contributed by atoms with van der Waals surface area (Å²) in [4.78, 5) is 29.7. The van der Waals surface area contributed by atoms with Crippen LogP contribution in [0.2, 0.25) is 5.02 Å². The van der Waals surface area contributed by atoms with Gasteiger partial charge >= 0.3 is 0 Å². The van der Waals surface area contributed by atoms with Gasteiger partial charge in [-0.05, 0) is 48.8 Å². The second-order valence-corrected chi connectivity index (χ2v) is 9.92. The number of carbonyl (C=O) groups excluding carboxylic acids is 2. The number of methoxy groups -OCH3 is 1.